The molecule has 0 spiro atoms. The maximum atomic E-state index is 12.1. The number of esters is 2. The minimum absolute atomic E-state index is 0.213. The van der Waals surface area contributed by atoms with Crippen LogP contribution in [0.3, 0.4) is 0 Å². The summed E-state index contributed by atoms with van der Waals surface area (Å²) in [6.45, 7) is 6.69. The maximum Gasteiger partial charge on any atom is 0.340 e. The SMILES string of the molecule is COC(=O)[C@@]12CCCN1[C@@H](C(C)(C)C)OC2=O. The lowest BCUT2D eigenvalue weighted by atomic mass is 9.91. The molecular weight excluding hydrogens is 222 g/mol. The molecule has 0 saturated carbocycles. The average molecular weight is 241 g/mol. The highest BCUT2D eigenvalue weighted by molar-refractivity contribution is 6.06. The molecule has 0 radical (unpaired) electrons. The van der Waals surface area contributed by atoms with Crippen LogP contribution in [0.2, 0.25) is 0 Å². The summed E-state index contributed by atoms with van der Waals surface area (Å²) in [5, 5.41) is 0. The fraction of sp³-hybridized carbons (Fsp3) is 0.833. The summed E-state index contributed by atoms with van der Waals surface area (Å²) in [6.07, 6.45) is 0.957. The fourth-order valence-electron chi connectivity index (χ4n) is 2.75. The number of carbonyl (C=O) groups is 2. The van der Waals surface area contributed by atoms with Crippen LogP contribution < -0.4 is 0 Å². The van der Waals surface area contributed by atoms with Crippen molar-refractivity contribution in [3.05, 3.63) is 0 Å². The van der Waals surface area contributed by atoms with Gasteiger partial charge in [-0.2, -0.15) is 0 Å². The number of fused-ring (bicyclic) bond motifs is 1. The van der Waals surface area contributed by atoms with E-state index in [0.29, 0.717) is 13.0 Å². The van der Waals surface area contributed by atoms with Gasteiger partial charge in [-0.3, -0.25) is 0 Å². The summed E-state index contributed by atoms with van der Waals surface area (Å²) in [7, 11) is 1.31. The van der Waals surface area contributed by atoms with Gasteiger partial charge in [0.25, 0.3) is 0 Å². The minimum atomic E-state index is -1.19. The van der Waals surface area contributed by atoms with Crippen molar-refractivity contribution in [2.75, 3.05) is 13.7 Å². The van der Waals surface area contributed by atoms with Gasteiger partial charge in [-0.25, -0.2) is 14.5 Å². The molecule has 2 aliphatic rings. The molecule has 0 N–H and O–H groups in total. The fourth-order valence-corrected chi connectivity index (χ4v) is 2.75. The zero-order valence-electron chi connectivity index (χ0n) is 10.8. The number of rotatable bonds is 1. The number of methoxy groups -OCH3 is 1. The van der Waals surface area contributed by atoms with Crippen LogP contribution in [-0.2, 0) is 19.1 Å². The standard InChI is InChI=1S/C12H19NO4/c1-11(2,3)8-13-7-5-6-12(13,9(14)16-4)10(15)17-8/h8H,5-7H2,1-4H3/t8-,12-/m1/s1. The zero-order chi connectivity index (χ0) is 12.8. The van der Waals surface area contributed by atoms with Gasteiger partial charge in [0.05, 0.1) is 7.11 Å². The molecule has 2 heterocycles. The topological polar surface area (TPSA) is 55.8 Å². The van der Waals surface area contributed by atoms with E-state index in [9.17, 15) is 9.59 Å². The normalized spacial score (nSPS) is 33.4. The smallest absolute Gasteiger partial charge is 0.340 e. The molecule has 0 aromatic rings. The van der Waals surface area contributed by atoms with Crippen molar-refractivity contribution in [1.29, 1.82) is 0 Å². The Bertz CT molecular complexity index is 360. The summed E-state index contributed by atoms with van der Waals surface area (Å²) >= 11 is 0. The van der Waals surface area contributed by atoms with E-state index in [1.165, 1.54) is 7.11 Å². The summed E-state index contributed by atoms with van der Waals surface area (Å²) in [5.74, 6) is -0.950. The molecule has 2 aliphatic heterocycles. The van der Waals surface area contributed by atoms with Crippen molar-refractivity contribution >= 4 is 11.9 Å². The predicted molar refractivity (Wildman–Crippen MR) is 60.0 cm³/mol. The first-order valence-corrected chi connectivity index (χ1v) is 5.90. The van der Waals surface area contributed by atoms with Crippen molar-refractivity contribution in [2.45, 2.75) is 45.4 Å². The third-order valence-electron chi connectivity index (χ3n) is 3.53. The lowest BCUT2D eigenvalue weighted by molar-refractivity contribution is -0.159. The van der Waals surface area contributed by atoms with Gasteiger partial charge in [-0.1, -0.05) is 20.8 Å². The highest BCUT2D eigenvalue weighted by atomic mass is 16.6. The Kier molecular flexibility index (Phi) is 2.69. The third kappa shape index (κ3) is 1.56. The van der Waals surface area contributed by atoms with E-state index in [1.54, 1.807) is 0 Å². The zero-order valence-corrected chi connectivity index (χ0v) is 10.8. The Hall–Kier alpha value is -1.10. The summed E-state index contributed by atoms with van der Waals surface area (Å²) < 4.78 is 10.2. The molecule has 0 amide bonds. The molecule has 2 saturated heterocycles. The van der Waals surface area contributed by atoms with E-state index in [1.807, 2.05) is 25.7 Å². The van der Waals surface area contributed by atoms with Crippen LogP contribution in [0.1, 0.15) is 33.6 Å². The van der Waals surface area contributed by atoms with Crippen LogP contribution in [-0.4, -0.2) is 42.3 Å². The monoisotopic (exact) mass is 241 g/mol. The maximum absolute atomic E-state index is 12.1. The highest BCUT2D eigenvalue weighted by Gasteiger charge is 2.65. The van der Waals surface area contributed by atoms with Crippen LogP contribution in [0, 0.1) is 5.41 Å². The van der Waals surface area contributed by atoms with Gasteiger partial charge in [0.15, 0.2) is 6.23 Å². The summed E-state index contributed by atoms with van der Waals surface area (Å²) in [4.78, 5) is 25.9. The Morgan fingerprint density at radius 1 is 1.53 bits per heavy atom. The van der Waals surface area contributed by atoms with Crippen molar-refractivity contribution < 1.29 is 19.1 Å². The molecule has 96 valence electrons. The first-order chi connectivity index (χ1) is 7.84. The van der Waals surface area contributed by atoms with Crippen molar-refractivity contribution in [3.8, 4) is 0 Å². The first kappa shape index (κ1) is 12.4. The number of nitrogens with zero attached hydrogens (tertiary/aromatic N) is 1. The van der Waals surface area contributed by atoms with Gasteiger partial charge < -0.3 is 9.47 Å². The Balaban J connectivity index is 2.40. The van der Waals surface area contributed by atoms with Crippen LogP contribution >= 0.6 is 0 Å². The molecule has 0 aromatic heterocycles. The summed E-state index contributed by atoms with van der Waals surface area (Å²) in [5.41, 5.74) is -1.40. The van der Waals surface area contributed by atoms with Gasteiger partial charge >= 0.3 is 11.9 Å². The van der Waals surface area contributed by atoms with Crippen LogP contribution in [0.15, 0.2) is 0 Å². The van der Waals surface area contributed by atoms with Gasteiger partial charge in [-0.15, -0.1) is 0 Å². The lowest BCUT2D eigenvalue weighted by Crippen LogP contribution is -2.54. The molecule has 5 nitrogen and oxygen atoms in total. The molecule has 0 unspecified atom stereocenters. The molecule has 0 aromatic carbocycles. The van der Waals surface area contributed by atoms with E-state index in [0.717, 1.165) is 6.42 Å². The van der Waals surface area contributed by atoms with Crippen LogP contribution in [0.5, 0.6) is 0 Å². The van der Waals surface area contributed by atoms with Crippen molar-refractivity contribution in [1.82, 2.24) is 4.90 Å². The second kappa shape index (κ2) is 3.70. The highest BCUT2D eigenvalue weighted by Crippen LogP contribution is 2.44. The minimum Gasteiger partial charge on any atom is -0.467 e. The van der Waals surface area contributed by atoms with E-state index < -0.39 is 17.5 Å². The molecular formula is C12H19NO4. The van der Waals surface area contributed by atoms with E-state index in [4.69, 9.17) is 9.47 Å². The lowest BCUT2D eigenvalue weighted by Gasteiger charge is -2.33. The molecule has 2 fully saturated rings. The van der Waals surface area contributed by atoms with Gasteiger partial charge in [-0.05, 0) is 12.8 Å². The summed E-state index contributed by atoms with van der Waals surface area (Å²) in [6, 6.07) is 0. The average Bonchev–Trinajstić information content (AvgIpc) is 2.76. The molecule has 0 aliphatic carbocycles. The van der Waals surface area contributed by atoms with Gasteiger partial charge in [0.2, 0.25) is 5.54 Å². The molecule has 2 rings (SSSR count). The number of hydrogen-bond acceptors (Lipinski definition) is 5. The Morgan fingerprint density at radius 3 is 2.71 bits per heavy atom. The first-order valence-electron chi connectivity index (χ1n) is 5.90. The Labute approximate surface area is 101 Å². The molecule has 0 bridgehead atoms. The van der Waals surface area contributed by atoms with E-state index >= 15 is 0 Å². The van der Waals surface area contributed by atoms with Crippen molar-refractivity contribution in [2.24, 2.45) is 5.41 Å². The Morgan fingerprint density at radius 2 is 2.18 bits per heavy atom. The number of cyclic esters (lactones) is 1. The molecule has 17 heavy (non-hydrogen) atoms. The number of hydrogen-bond donors (Lipinski definition) is 0. The van der Waals surface area contributed by atoms with Gasteiger partial charge in [0, 0.05) is 12.0 Å². The largest absolute Gasteiger partial charge is 0.467 e. The van der Waals surface area contributed by atoms with Crippen LogP contribution in [0.25, 0.3) is 0 Å². The second-order valence-corrected chi connectivity index (χ2v) is 5.77. The van der Waals surface area contributed by atoms with Crippen LogP contribution in [0.4, 0.5) is 0 Å². The number of ether oxygens (including phenoxy) is 2. The molecule has 5 heteroatoms. The predicted octanol–water partition coefficient (Wildman–Crippen LogP) is 0.923. The van der Waals surface area contributed by atoms with E-state index in [-0.39, 0.29) is 11.6 Å². The number of carbonyl (C=O) groups excluding carboxylic acids is 2. The quantitative estimate of drug-likeness (QED) is 0.505. The van der Waals surface area contributed by atoms with E-state index in [2.05, 4.69) is 0 Å². The second-order valence-electron chi connectivity index (χ2n) is 5.77. The van der Waals surface area contributed by atoms with Crippen molar-refractivity contribution in [3.63, 3.8) is 0 Å². The van der Waals surface area contributed by atoms with Gasteiger partial charge in [0.1, 0.15) is 0 Å². The third-order valence-corrected chi connectivity index (χ3v) is 3.53. The molecule has 2 atom stereocenters.